The third-order valence-electron chi connectivity index (χ3n) is 5.00. The van der Waals surface area contributed by atoms with E-state index in [9.17, 15) is 17.6 Å². The number of halogens is 4. The monoisotopic (exact) mass is 378 g/mol. The van der Waals surface area contributed by atoms with Gasteiger partial charge in [-0.25, -0.2) is 4.39 Å². The van der Waals surface area contributed by atoms with Gasteiger partial charge in [-0.05, 0) is 85.9 Å². The molecule has 0 N–H and O–H groups in total. The summed E-state index contributed by atoms with van der Waals surface area (Å²) in [6.07, 6.45) is 4.48. The van der Waals surface area contributed by atoms with Gasteiger partial charge in [0.15, 0.2) is 0 Å². The number of fused-ring (bicyclic) bond motifs is 1. The number of ether oxygens (including phenoxy) is 1. The fraction of sp³-hybridized carbons (Fsp3) is 0.364. The van der Waals surface area contributed by atoms with Crippen molar-refractivity contribution in [2.45, 2.75) is 45.4 Å². The van der Waals surface area contributed by atoms with E-state index < -0.39 is 6.36 Å². The summed E-state index contributed by atoms with van der Waals surface area (Å²) in [5.41, 5.74) is 3.13. The summed E-state index contributed by atoms with van der Waals surface area (Å²) in [6.45, 7) is 2.01. The quantitative estimate of drug-likeness (QED) is 0.408. The Bertz CT molecular complexity index is 806. The number of hydrogen-bond donors (Lipinski definition) is 0. The first-order valence-electron chi connectivity index (χ1n) is 9.14. The van der Waals surface area contributed by atoms with Crippen LogP contribution in [0.5, 0.6) is 5.75 Å². The molecule has 27 heavy (non-hydrogen) atoms. The van der Waals surface area contributed by atoms with E-state index in [-0.39, 0.29) is 11.6 Å². The van der Waals surface area contributed by atoms with Gasteiger partial charge in [0, 0.05) is 5.56 Å². The van der Waals surface area contributed by atoms with Gasteiger partial charge < -0.3 is 4.74 Å². The van der Waals surface area contributed by atoms with E-state index in [1.807, 2.05) is 19.1 Å². The summed E-state index contributed by atoms with van der Waals surface area (Å²) >= 11 is 0. The van der Waals surface area contributed by atoms with Gasteiger partial charge in [0.2, 0.25) is 0 Å². The van der Waals surface area contributed by atoms with Crippen molar-refractivity contribution >= 4 is 0 Å². The average Bonchev–Trinajstić information content (AvgIpc) is 2.61. The van der Waals surface area contributed by atoms with E-state index in [4.69, 9.17) is 0 Å². The summed E-state index contributed by atoms with van der Waals surface area (Å²) < 4.78 is 55.3. The van der Waals surface area contributed by atoms with Crippen LogP contribution in [0.1, 0.15) is 37.3 Å². The summed E-state index contributed by atoms with van der Waals surface area (Å²) in [5, 5.41) is 0. The number of rotatable bonds is 5. The molecule has 0 aliphatic heterocycles. The first kappa shape index (κ1) is 19.5. The Morgan fingerprint density at radius 3 is 2.52 bits per heavy atom. The van der Waals surface area contributed by atoms with E-state index in [2.05, 4.69) is 10.8 Å². The van der Waals surface area contributed by atoms with Gasteiger partial charge in [0.1, 0.15) is 11.6 Å². The highest BCUT2D eigenvalue weighted by molar-refractivity contribution is 5.66. The lowest BCUT2D eigenvalue weighted by Gasteiger charge is -2.25. The van der Waals surface area contributed by atoms with Crippen LogP contribution in [0.3, 0.4) is 0 Å². The van der Waals surface area contributed by atoms with Crippen LogP contribution in [0.25, 0.3) is 11.1 Å². The molecule has 5 heteroatoms. The maximum absolute atomic E-state index is 14.6. The number of alkyl halides is 3. The second kappa shape index (κ2) is 8.15. The molecule has 0 saturated carbocycles. The smallest absolute Gasteiger partial charge is 0.406 e. The van der Waals surface area contributed by atoms with Gasteiger partial charge in [-0.3, -0.25) is 0 Å². The highest BCUT2D eigenvalue weighted by Gasteiger charge is 2.31. The maximum atomic E-state index is 14.6. The van der Waals surface area contributed by atoms with Crippen molar-refractivity contribution in [3.63, 3.8) is 0 Å². The molecule has 2 aromatic carbocycles. The molecule has 0 aromatic heterocycles. The van der Waals surface area contributed by atoms with Crippen LogP contribution in [0.15, 0.2) is 48.6 Å². The van der Waals surface area contributed by atoms with Crippen molar-refractivity contribution in [3.05, 3.63) is 65.5 Å². The second-order valence-electron chi connectivity index (χ2n) is 6.93. The van der Waals surface area contributed by atoms with Crippen molar-refractivity contribution in [3.8, 4) is 16.9 Å². The fourth-order valence-electron chi connectivity index (χ4n) is 3.66. The van der Waals surface area contributed by atoms with Gasteiger partial charge in [-0.2, -0.15) is 0 Å². The van der Waals surface area contributed by atoms with Crippen molar-refractivity contribution in [1.82, 2.24) is 0 Å². The highest BCUT2D eigenvalue weighted by atomic mass is 19.4. The van der Waals surface area contributed by atoms with E-state index in [1.54, 1.807) is 6.07 Å². The number of benzene rings is 2. The van der Waals surface area contributed by atoms with E-state index in [0.29, 0.717) is 17.0 Å². The Hall–Kier alpha value is -2.30. The fourth-order valence-corrected chi connectivity index (χ4v) is 3.66. The molecular formula is C22H22F4O. The Labute approximate surface area is 156 Å². The zero-order valence-electron chi connectivity index (χ0n) is 15.2. The van der Waals surface area contributed by atoms with Crippen LogP contribution in [-0.2, 0) is 12.8 Å². The van der Waals surface area contributed by atoms with Gasteiger partial charge >= 0.3 is 6.36 Å². The maximum Gasteiger partial charge on any atom is 0.573 e. The minimum absolute atomic E-state index is 0.311. The summed E-state index contributed by atoms with van der Waals surface area (Å²) in [4.78, 5) is 0. The molecule has 0 heterocycles. The Kier molecular flexibility index (Phi) is 5.88. The summed E-state index contributed by atoms with van der Waals surface area (Å²) in [6, 6.07) is 8.75. The largest absolute Gasteiger partial charge is 0.573 e. The molecule has 0 radical (unpaired) electrons. The van der Waals surface area contributed by atoms with Crippen LogP contribution in [0.2, 0.25) is 0 Å². The van der Waals surface area contributed by atoms with Gasteiger partial charge in [0.25, 0.3) is 0 Å². The lowest BCUT2D eigenvalue weighted by atomic mass is 9.80. The minimum atomic E-state index is -4.73. The zero-order chi connectivity index (χ0) is 19.4. The van der Waals surface area contributed by atoms with E-state index in [0.717, 1.165) is 43.2 Å². The van der Waals surface area contributed by atoms with Gasteiger partial charge in [-0.1, -0.05) is 24.3 Å². The normalized spacial score (nSPS) is 17.1. The molecule has 0 fully saturated rings. The van der Waals surface area contributed by atoms with Crippen molar-refractivity contribution in [1.29, 1.82) is 0 Å². The predicted octanol–water partition coefficient (Wildman–Crippen LogP) is 6.85. The van der Waals surface area contributed by atoms with E-state index >= 15 is 0 Å². The van der Waals surface area contributed by atoms with Gasteiger partial charge in [0.05, 0.1) is 0 Å². The topological polar surface area (TPSA) is 9.23 Å². The van der Waals surface area contributed by atoms with Crippen LogP contribution < -0.4 is 4.74 Å². The van der Waals surface area contributed by atoms with E-state index in [1.165, 1.54) is 24.3 Å². The molecule has 1 unspecified atom stereocenters. The van der Waals surface area contributed by atoms with Crippen molar-refractivity contribution in [2.24, 2.45) is 5.92 Å². The Balaban J connectivity index is 1.77. The summed E-state index contributed by atoms with van der Waals surface area (Å²) in [5.74, 6) is -0.0846. The Morgan fingerprint density at radius 2 is 1.85 bits per heavy atom. The minimum Gasteiger partial charge on any atom is -0.406 e. The molecule has 144 valence electrons. The molecule has 1 aliphatic carbocycles. The van der Waals surface area contributed by atoms with Crippen molar-refractivity contribution < 1.29 is 22.3 Å². The van der Waals surface area contributed by atoms with Gasteiger partial charge in [-0.15, -0.1) is 13.2 Å². The first-order valence-corrected chi connectivity index (χ1v) is 9.14. The van der Waals surface area contributed by atoms with Crippen molar-refractivity contribution in [2.75, 3.05) is 0 Å². The molecule has 0 amide bonds. The molecule has 0 spiro atoms. The molecule has 0 bridgehead atoms. The third kappa shape index (κ3) is 5.12. The lowest BCUT2D eigenvalue weighted by Crippen LogP contribution is -2.17. The molecule has 2 aromatic rings. The standard InChI is InChI=1S/C22H22F4O/c1-2-3-4-5-15-6-7-17-13-20(21(23)14-18(17)12-15)16-8-10-19(11-9-16)27-22(24,25)26/h2-3,8-11,13-15H,4-7,12H2,1H3/b3-2+. The predicted molar refractivity (Wildman–Crippen MR) is 98.1 cm³/mol. The number of allylic oxidation sites excluding steroid dienone is 2. The van der Waals surface area contributed by atoms with Crippen LogP contribution >= 0.6 is 0 Å². The average molecular weight is 378 g/mol. The number of hydrogen-bond acceptors (Lipinski definition) is 1. The zero-order valence-corrected chi connectivity index (χ0v) is 15.2. The summed E-state index contributed by atoms with van der Waals surface area (Å²) in [7, 11) is 0. The lowest BCUT2D eigenvalue weighted by molar-refractivity contribution is -0.274. The third-order valence-corrected chi connectivity index (χ3v) is 5.00. The molecular weight excluding hydrogens is 356 g/mol. The number of aryl methyl sites for hydroxylation is 1. The molecule has 1 atom stereocenters. The first-order chi connectivity index (χ1) is 12.9. The molecule has 1 aliphatic rings. The van der Waals surface area contributed by atoms with Crippen LogP contribution in [0.4, 0.5) is 17.6 Å². The molecule has 0 saturated heterocycles. The van der Waals surface area contributed by atoms with Crippen LogP contribution in [-0.4, -0.2) is 6.36 Å². The molecule has 3 rings (SSSR count). The SMILES string of the molecule is C/C=C/CCC1CCc2cc(-c3ccc(OC(F)(F)F)cc3)c(F)cc2C1. The second-order valence-corrected chi connectivity index (χ2v) is 6.93. The highest BCUT2D eigenvalue weighted by Crippen LogP contribution is 2.34. The molecule has 1 nitrogen and oxygen atoms in total. The van der Waals surface area contributed by atoms with Crippen LogP contribution in [0, 0.1) is 11.7 Å². The Morgan fingerprint density at radius 1 is 1.11 bits per heavy atom.